The number of nitrogens with zero attached hydrogens (tertiary/aromatic N) is 2. The molecule has 0 aromatic carbocycles. The summed E-state index contributed by atoms with van der Waals surface area (Å²) in [6.45, 7) is 7.47. The van der Waals surface area contributed by atoms with E-state index in [1.165, 1.54) is 0 Å². The Kier molecular flexibility index (Phi) is 2.63. The van der Waals surface area contributed by atoms with Crippen molar-refractivity contribution in [2.24, 2.45) is 5.41 Å². The van der Waals surface area contributed by atoms with Crippen molar-refractivity contribution >= 4 is 5.82 Å². The first-order valence-corrected chi connectivity index (χ1v) is 4.08. The molecule has 0 amide bonds. The van der Waals surface area contributed by atoms with Crippen LogP contribution in [0.3, 0.4) is 0 Å². The lowest BCUT2D eigenvalue weighted by molar-refractivity contribution is 0.442. The summed E-state index contributed by atoms with van der Waals surface area (Å²) in [7, 11) is 0. The summed E-state index contributed by atoms with van der Waals surface area (Å²) < 4.78 is 0. The lowest BCUT2D eigenvalue weighted by atomic mass is 9.97. The van der Waals surface area contributed by atoms with Crippen LogP contribution in [0.2, 0.25) is 0 Å². The van der Waals surface area contributed by atoms with E-state index in [0.717, 1.165) is 12.4 Å². The molecule has 1 rings (SSSR count). The van der Waals surface area contributed by atoms with Gasteiger partial charge in [-0.25, -0.2) is 9.97 Å². The molecule has 0 saturated carbocycles. The average molecular weight is 165 g/mol. The third-order valence-electron chi connectivity index (χ3n) is 1.38. The van der Waals surface area contributed by atoms with Gasteiger partial charge in [-0.3, -0.25) is 0 Å². The van der Waals surface area contributed by atoms with Gasteiger partial charge in [0.2, 0.25) is 0 Å². The number of nitrogens with one attached hydrogen (secondary N) is 1. The van der Waals surface area contributed by atoms with E-state index in [1.54, 1.807) is 12.5 Å². The Bertz CT molecular complexity index is 225. The summed E-state index contributed by atoms with van der Waals surface area (Å²) in [5, 5.41) is 3.23. The van der Waals surface area contributed by atoms with Crippen LogP contribution in [-0.2, 0) is 0 Å². The van der Waals surface area contributed by atoms with Gasteiger partial charge in [0, 0.05) is 12.7 Å². The van der Waals surface area contributed by atoms with Gasteiger partial charge in [0.15, 0.2) is 0 Å². The monoisotopic (exact) mass is 165 g/mol. The third-order valence-corrected chi connectivity index (χ3v) is 1.38. The Hall–Kier alpha value is -1.12. The second kappa shape index (κ2) is 3.52. The summed E-state index contributed by atoms with van der Waals surface area (Å²) in [4.78, 5) is 7.90. The second-order valence-electron chi connectivity index (χ2n) is 4.01. The molecule has 0 atom stereocenters. The van der Waals surface area contributed by atoms with Gasteiger partial charge in [-0.1, -0.05) is 20.8 Å². The molecule has 3 heteroatoms. The molecule has 0 aliphatic rings. The van der Waals surface area contributed by atoms with Gasteiger partial charge in [0.05, 0.1) is 0 Å². The highest BCUT2D eigenvalue weighted by atomic mass is 15.0. The molecule has 0 aliphatic carbocycles. The van der Waals surface area contributed by atoms with Crippen molar-refractivity contribution in [3.05, 3.63) is 18.6 Å². The van der Waals surface area contributed by atoms with Gasteiger partial charge in [-0.15, -0.1) is 0 Å². The zero-order valence-electron chi connectivity index (χ0n) is 7.83. The second-order valence-corrected chi connectivity index (χ2v) is 4.01. The molecule has 66 valence electrons. The molecule has 1 heterocycles. The van der Waals surface area contributed by atoms with Gasteiger partial charge in [-0.05, 0) is 11.5 Å². The van der Waals surface area contributed by atoms with Crippen molar-refractivity contribution in [1.29, 1.82) is 0 Å². The Morgan fingerprint density at radius 1 is 1.42 bits per heavy atom. The molecule has 0 unspecified atom stereocenters. The molecule has 0 spiro atoms. The first kappa shape index (κ1) is 8.97. The van der Waals surface area contributed by atoms with Crippen LogP contribution in [0.5, 0.6) is 0 Å². The highest BCUT2D eigenvalue weighted by Crippen LogP contribution is 2.13. The van der Waals surface area contributed by atoms with Gasteiger partial charge in [0.1, 0.15) is 12.1 Å². The lowest BCUT2D eigenvalue weighted by Gasteiger charge is -2.18. The van der Waals surface area contributed by atoms with E-state index >= 15 is 0 Å². The first-order valence-electron chi connectivity index (χ1n) is 4.08. The first-order chi connectivity index (χ1) is 5.58. The summed E-state index contributed by atoms with van der Waals surface area (Å²) in [5.41, 5.74) is 0.283. The topological polar surface area (TPSA) is 37.8 Å². The maximum Gasteiger partial charge on any atom is 0.129 e. The normalized spacial score (nSPS) is 11.2. The summed E-state index contributed by atoms with van der Waals surface area (Å²) in [6.07, 6.45) is 3.28. The van der Waals surface area contributed by atoms with Crippen LogP contribution in [-0.4, -0.2) is 16.5 Å². The SMILES string of the molecule is CC(C)(C)CNc1ccncn1. The Morgan fingerprint density at radius 3 is 2.67 bits per heavy atom. The van der Waals surface area contributed by atoms with Gasteiger partial charge in [-0.2, -0.15) is 0 Å². The molecule has 0 saturated heterocycles. The van der Waals surface area contributed by atoms with Crippen LogP contribution in [0.25, 0.3) is 0 Å². The van der Waals surface area contributed by atoms with Crippen molar-refractivity contribution < 1.29 is 0 Å². The predicted octanol–water partition coefficient (Wildman–Crippen LogP) is 1.93. The van der Waals surface area contributed by atoms with E-state index in [0.29, 0.717) is 0 Å². The van der Waals surface area contributed by atoms with E-state index in [4.69, 9.17) is 0 Å². The highest BCUT2D eigenvalue weighted by Gasteiger charge is 2.08. The molecule has 1 aromatic rings. The quantitative estimate of drug-likeness (QED) is 0.727. The molecule has 1 aromatic heterocycles. The smallest absolute Gasteiger partial charge is 0.129 e. The zero-order chi connectivity index (χ0) is 9.03. The summed E-state index contributed by atoms with van der Waals surface area (Å²) in [5.74, 6) is 0.889. The van der Waals surface area contributed by atoms with Crippen molar-refractivity contribution in [2.75, 3.05) is 11.9 Å². The highest BCUT2D eigenvalue weighted by molar-refractivity contribution is 5.31. The Balaban J connectivity index is 2.44. The fourth-order valence-corrected chi connectivity index (χ4v) is 0.751. The predicted molar refractivity (Wildman–Crippen MR) is 50.0 cm³/mol. The van der Waals surface area contributed by atoms with E-state index in [9.17, 15) is 0 Å². The fourth-order valence-electron chi connectivity index (χ4n) is 0.751. The summed E-state index contributed by atoms with van der Waals surface area (Å²) >= 11 is 0. The maximum atomic E-state index is 4.06. The Labute approximate surface area is 73.2 Å². The molecular weight excluding hydrogens is 150 g/mol. The van der Waals surface area contributed by atoms with E-state index in [1.807, 2.05) is 6.07 Å². The minimum Gasteiger partial charge on any atom is -0.369 e. The summed E-state index contributed by atoms with van der Waals surface area (Å²) in [6, 6.07) is 1.87. The molecule has 0 radical (unpaired) electrons. The van der Waals surface area contributed by atoms with Crippen LogP contribution >= 0.6 is 0 Å². The number of rotatable bonds is 2. The van der Waals surface area contributed by atoms with Crippen molar-refractivity contribution in [3.63, 3.8) is 0 Å². The lowest BCUT2D eigenvalue weighted by Crippen LogP contribution is -2.19. The Morgan fingerprint density at radius 2 is 2.17 bits per heavy atom. The molecular formula is C9H15N3. The average Bonchev–Trinajstić information content (AvgIpc) is 2.02. The van der Waals surface area contributed by atoms with Crippen molar-refractivity contribution in [1.82, 2.24) is 9.97 Å². The van der Waals surface area contributed by atoms with Crippen LogP contribution in [0.15, 0.2) is 18.6 Å². The van der Waals surface area contributed by atoms with Crippen molar-refractivity contribution in [3.8, 4) is 0 Å². The zero-order valence-corrected chi connectivity index (χ0v) is 7.83. The standard InChI is InChI=1S/C9H15N3/c1-9(2,3)6-11-8-4-5-10-7-12-8/h4-5,7H,6H2,1-3H3,(H,10,11,12). The van der Waals surface area contributed by atoms with Crippen LogP contribution in [0.1, 0.15) is 20.8 Å². The number of hydrogen-bond donors (Lipinski definition) is 1. The molecule has 12 heavy (non-hydrogen) atoms. The minimum atomic E-state index is 0.283. The van der Waals surface area contributed by atoms with Gasteiger partial charge < -0.3 is 5.32 Å². The van der Waals surface area contributed by atoms with Crippen LogP contribution in [0.4, 0.5) is 5.82 Å². The molecule has 0 aliphatic heterocycles. The van der Waals surface area contributed by atoms with E-state index in [-0.39, 0.29) is 5.41 Å². The number of aromatic nitrogens is 2. The van der Waals surface area contributed by atoms with E-state index in [2.05, 4.69) is 36.1 Å². The van der Waals surface area contributed by atoms with Gasteiger partial charge >= 0.3 is 0 Å². The van der Waals surface area contributed by atoms with Crippen molar-refractivity contribution in [2.45, 2.75) is 20.8 Å². The molecule has 0 fully saturated rings. The van der Waals surface area contributed by atoms with Crippen LogP contribution < -0.4 is 5.32 Å². The largest absolute Gasteiger partial charge is 0.369 e. The molecule has 0 bridgehead atoms. The molecule has 1 N–H and O–H groups in total. The van der Waals surface area contributed by atoms with Gasteiger partial charge in [0.25, 0.3) is 0 Å². The number of hydrogen-bond acceptors (Lipinski definition) is 3. The molecule has 3 nitrogen and oxygen atoms in total. The minimum absolute atomic E-state index is 0.283. The van der Waals surface area contributed by atoms with Crippen LogP contribution in [0, 0.1) is 5.41 Å². The fraction of sp³-hybridized carbons (Fsp3) is 0.556. The maximum absolute atomic E-state index is 4.06. The van der Waals surface area contributed by atoms with E-state index < -0.39 is 0 Å². The number of anilines is 1. The third kappa shape index (κ3) is 3.32.